The van der Waals surface area contributed by atoms with Crippen molar-refractivity contribution in [2.24, 2.45) is 0 Å². The first-order valence-electron chi connectivity index (χ1n) is 3.96. The third kappa shape index (κ3) is 2.27. The van der Waals surface area contributed by atoms with Crippen LogP contribution in [0.1, 0.15) is 10.4 Å². The van der Waals surface area contributed by atoms with Crippen LogP contribution < -0.4 is 0 Å². The molecule has 0 saturated heterocycles. The van der Waals surface area contributed by atoms with Crippen LogP contribution in [0.3, 0.4) is 0 Å². The van der Waals surface area contributed by atoms with Gasteiger partial charge in [-0.1, -0.05) is 0 Å². The predicted octanol–water partition coefficient (Wildman–Crippen LogP) is 2.04. The highest BCUT2D eigenvalue weighted by Crippen LogP contribution is 2.24. The summed E-state index contributed by atoms with van der Waals surface area (Å²) in [6.45, 7) is 0.785. The molecule has 3 nitrogen and oxygen atoms in total. The van der Waals surface area contributed by atoms with Gasteiger partial charge in [-0.25, -0.2) is 0 Å². The lowest BCUT2D eigenvalue weighted by atomic mass is 10.2. The maximum atomic E-state index is 10.4. The van der Waals surface area contributed by atoms with Crippen LogP contribution in [0.4, 0.5) is 0 Å². The van der Waals surface area contributed by atoms with Crippen molar-refractivity contribution in [2.75, 3.05) is 6.54 Å². The molecule has 1 aliphatic rings. The molecule has 0 fully saturated rings. The fourth-order valence-corrected chi connectivity index (χ4v) is 2.15. The van der Waals surface area contributed by atoms with Gasteiger partial charge < -0.3 is 10.0 Å². The van der Waals surface area contributed by atoms with Crippen molar-refractivity contribution in [1.82, 2.24) is 4.90 Å². The molecule has 5 heteroatoms. The molecule has 0 saturated carbocycles. The number of halogens is 1. The van der Waals surface area contributed by atoms with Crippen LogP contribution in [0.2, 0.25) is 0 Å². The van der Waals surface area contributed by atoms with Crippen molar-refractivity contribution in [3.63, 3.8) is 0 Å². The number of thiophene rings is 1. The molecule has 2 heterocycles. The van der Waals surface area contributed by atoms with Crippen LogP contribution in [-0.2, 0) is 11.3 Å². The summed E-state index contributed by atoms with van der Waals surface area (Å²) in [5, 5.41) is 10.6. The number of carbonyl (C=O) groups is 1. The van der Waals surface area contributed by atoms with Gasteiger partial charge in [0.05, 0.1) is 0 Å². The zero-order valence-corrected chi connectivity index (χ0v) is 8.98. The standard InChI is InChI=1S/C9H9NO2S.ClH/c11-9(12)6-10-3-1-8-7(5-10)2-4-13-8;/h1-4H,5-6H2,(H,11,12);1H. The van der Waals surface area contributed by atoms with E-state index in [1.165, 1.54) is 10.4 Å². The fraction of sp³-hybridized carbons (Fsp3) is 0.222. The third-order valence-electron chi connectivity index (χ3n) is 1.93. The molecule has 0 unspecified atom stereocenters. The van der Waals surface area contributed by atoms with Crippen LogP contribution in [0, 0.1) is 0 Å². The highest BCUT2D eigenvalue weighted by molar-refractivity contribution is 7.11. The number of hydrogen-bond acceptors (Lipinski definition) is 3. The number of aliphatic carboxylic acids is 1. The molecule has 1 aliphatic heterocycles. The monoisotopic (exact) mass is 231 g/mol. The normalized spacial score (nSPS) is 13.3. The maximum Gasteiger partial charge on any atom is 0.323 e. The van der Waals surface area contributed by atoms with E-state index in [1.807, 2.05) is 23.7 Å². The zero-order valence-electron chi connectivity index (χ0n) is 7.34. The minimum atomic E-state index is -0.789. The Morgan fingerprint density at radius 3 is 3.14 bits per heavy atom. The Kier molecular flexibility index (Phi) is 3.55. The van der Waals surface area contributed by atoms with Crippen LogP contribution in [-0.4, -0.2) is 22.5 Å². The summed E-state index contributed by atoms with van der Waals surface area (Å²) in [6, 6.07) is 2.04. The van der Waals surface area contributed by atoms with Crippen molar-refractivity contribution in [3.05, 3.63) is 28.1 Å². The molecule has 1 aromatic rings. The van der Waals surface area contributed by atoms with Crippen LogP contribution >= 0.6 is 23.7 Å². The van der Waals surface area contributed by atoms with E-state index < -0.39 is 5.97 Å². The van der Waals surface area contributed by atoms with Crippen LogP contribution in [0.25, 0.3) is 6.08 Å². The summed E-state index contributed by atoms with van der Waals surface area (Å²) >= 11 is 1.69. The molecule has 14 heavy (non-hydrogen) atoms. The van der Waals surface area contributed by atoms with Crippen molar-refractivity contribution in [2.45, 2.75) is 6.54 Å². The second-order valence-electron chi connectivity index (χ2n) is 2.92. The topological polar surface area (TPSA) is 40.5 Å². The molecule has 1 N–H and O–H groups in total. The van der Waals surface area contributed by atoms with Gasteiger partial charge in [0.25, 0.3) is 0 Å². The highest BCUT2D eigenvalue weighted by Gasteiger charge is 2.12. The van der Waals surface area contributed by atoms with E-state index in [9.17, 15) is 4.79 Å². The quantitative estimate of drug-likeness (QED) is 0.847. The summed E-state index contributed by atoms with van der Waals surface area (Å²) in [7, 11) is 0. The molecule has 2 rings (SSSR count). The van der Waals surface area contributed by atoms with Crippen molar-refractivity contribution >= 4 is 35.8 Å². The third-order valence-corrected chi connectivity index (χ3v) is 2.85. The van der Waals surface area contributed by atoms with Gasteiger partial charge in [-0.05, 0) is 23.1 Å². The number of carboxylic acid groups (broad SMARTS) is 1. The number of hydrogen-bond donors (Lipinski definition) is 1. The Bertz CT molecular complexity index is 361. The summed E-state index contributed by atoms with van der Waals surface area (Å²) in [5.74, 6) is -0.789. The Labute approximate surface area is 92.1 Å². The smallest absolute Gasteiger partial charge is 0.323 e. The molecule has 0 aliphatic carbocycles. The fourth-order valence-electron chi connectivity index (χ4n) is 1.35. The second-order valence-corrected chi connectivity index (χ2v) is 3.87. The molecule has 0 aromatic carbocycles. The average Bonchev–Trinajstić information content (AvgIpc) is 2.49. The molecule has 1 aromatic heterocycles. The molecule has 0 atom stereocenters. The van der Waals surface area contributed by atoms with E-state index in [2.05, 4.69) is 0 Å². The number of rotatable bonds is 2. The van der Waals surface area contributed by atoms with Crippen LogP contribution in [0.5, 0.6) is 0 Å². The Morgan fingerprint density at radius 1 is 1.64 bits per heavy atom. The van der Waals surface area contributed by atoms with Gasteiger partial charge in [0.1, 0.15) is 6.54 Å². The van der Waals surface area contributed by atoms with Gasteiger partial charge in [-0.3, -0.25) is 4.79 Å². The lowest BCUT2D eigenvalue weighted by Gasteiger charge is -2.21. The second kappa shape index (κ2) is 4.48. The molecule has 0 spiro atoms. The highest BCUT2D eigenvalue weighted by atomic mass is 35.5. The lowest BCUT2D eigenvalue weighted by Crippen LogP contribution is -2.25. The Morgan fingerprint density at radius 2 is 2.43 bits per heavy atom. The summed E-state index contributed by atoms with van der Waals surface area (Å²) in [5.41, 5.74) is 1.22. The van der Waals surface area contributed by atoms with E-state index >= 15 is 0 Å². The predicted molar refractivity (Wildman–Crippen MR) is 58.6 cm³/mol. The SMILES string of the molecule is Cl.O=C(O)CN1C=Cc2sccc2C1. The number of carboxylic acids is 1. The first-order valence-corrected chi connectivity index (χ1v) is 4.84. The van der Waals surface area contributed by atoms with E-state index in [-0.39, 0.29) is 19.0 Å². The van der Waals surface area contributed by atoms with Crippen molar-refractivity contribution in [1.29, 1.82) is 0 Å². The Balaban J connectivity index is 0.000000980. The number of nitrogens with zero attached hydrogens (tertiary/aromatic N) is 1. The summed E-state index contributed by atoms with van der Waals surface area (Å²) < 4.78 is 0. The van der Waals surface area contributed by atoms with Gasteiger partial charge in [-0.15, -0.1) is 23.7 Å². The van der Waals surface area contributed by atoms with Crippen molar-refractivity contribution < 1.29 is 9.90 Å². The summed E-state index contributed by atoms with van der Waals surface area (Å²) in [6.07, 6.45) is 3.80. The number of fused-ring (bicyclic) bond motifs is 1. The first-order chi connectivity index (χ1) is 6.25. The van der Waals surface area contributed by atoms with Gasteiger partial charge in [0.2, 0.25) is 0 Å². The van der Waals surface area contributed by atoms with E-state index in [4.69, 9.17) is 5.11 Å². The lowest BCUT2D eigenvalue weighted by molar-refractivity contribution is -0.137. The van der Waals surface area contributed by atoms with Gasteiger partial charge in [0.15, 0.2) is 0 Å². The minimum Gasteiger partial charge on any atom is -0.480 e. The maximum absolute atomic E-state index is 10.4. The largest absolute Gasteiger partial charge is 0.480 e. The Hall–Kier alpha value is -1.00. The van der Waals surface area contributed by atoms with Crippen LogP contribution in [0.15, 0.2) is 17.6 Å². The molecular formula is C9H10ClNO2S. The first kappa shape index (κ1) is 11.1. The zero-order chi connectivity index (χ0) is 9.26. The summed E-state index contributed by atoms with van der Waals surface area (Å²) in [4.78, 5) is 13.5. The minimum absolute atomic E-state index is 0. The van der Waals surface area contributed by atoms with Gasteiger partial charge in [0, 0.05) is 17.6 Å². The average molecular weight is 232 g/mol. The van der Waals surface area contributed by atoms with Gasteiger partial charge >= 0.3 is 5.97 Å². The molecule has 0 amide bonds. The molecule has 0 bridgehead atoms. The van der Waals surface area contributed by atoms with Crippen molar-refractivity contribution in [3.8, 4) is 0 Å². The van der Waals surface area contributed by atoms with E-state index in [1.54, 1.807) is 16.2 Å². The molecule has 76 valence electrons. The molecular weight excluding hydrogens is 222 g/mol. The van der Waals surface area contributed by atoms with E-state index in [0.29, 0.717) is 6.54 Å². The van der Waals surface area contributed by atoms with E-state index in [0.717, 1.165) is 0 Å². The van der Waals surface area contributed by atoms with Gasteiger partial charge in [-0.2, -0.15) is 0 Å². The molecule has 0 radical (unpaired) electrons.